The summed E-state index contributed by atoms with van der Waals surface area (Å²) in [5, 5.41) is 11.4. The molecule has 2 rings (SSSR count). The van der Waals surface area contributed by atoms with Crippen molar-refractivity contribution in [2.24, 2.45) is 0 Å². The topological polar surface area (TPSA) is 51.0 Å². The molecule has 6 heteroatoms. The minimum absolute atomic E-state index is 0.565. The van der Waals surface area contributed by atoms with Crippen LogP contribution in [-0.2, 0) is 6.54 Å². The van der Waals surface area contributed by atoms with Crippen molar-refractivity contribution < 1.29 is 4.63 Å². The number of aryl methyl sites for hydroxylation is 1. The first-order valence-corrected chi connectivity index (χ1v) is 5.81. The van der Waals surface area contributed by atoms with Gasteiger partial charge in [-0.3, -0.25) is 0 Å². The summed E-state index contributed by atoms with van der Waals surface area (Å²) in [6.07, 6.45) is 0. The Morgan fingerprint density at radius 1 is 1.44 bits per heavy atom. The molecule has 0 aliphatic heterocycles. The van der Waals surface area contributed by atoms with Gasteiger partial charge in [0.25, 0.3) is 0 Å². The maximum Gasteiger partial charge on any atom is 0.127 e. The van der Waals surface area contributed by atoms with Crippen molar-refractivity contribution in [3.05, 3.63) is 39.1 Å². The first-order chi connectivity index (χ1) is 7.66. The second-order valence-corrected chi connectivity index (χ2v) is 4.56. The monoisotopic (exact) mass is 301 g/mol. The number of aromatic nitrogens is 2. The highest BCUT2D eigenvalue weighted by molar-refractivity contribution is 9.10. The number of rotatable bonds is 3. The van der Waals surface area contributed by atoms with Gasteiger partial charge < -0.3 is 5.32 Å². The predicted octanol–water partition coefficient (Wildman–Crippen LogP) is 3.41. The maximum absolute atomic E-state index is 5.85. The van der Waals surface area contributed by atoms with Gasteiger partial charge >= 0.3 is 0 Å². The number of benzene rings is 1. The van der Waals surface area contributed by atoms with Crippen LogP contribution in [0.1, 0.15) is 11.4 Å². The highest BCUT2D eigenvalue weighted by Gasteiger charge is 2.06. The summed E-state index contributed by atoms with van der Waals surface area (Å²) in [6, 6.07) is 5.55. The van der Waals surface area contributed by atoms with Gasteiger partial charge in [0, 0.05) is 15.2 Å². The van der Waals surface area contributed by atoms with Gasteiger partial charge in [-0.25, -0.2) is 4.63 Å². The molecule has 84 valence electrons. The number of nitrogens with one attached hydrogen (secondary N) is 1. The maximum atomic E-state index is 5.85. The average Bonchev–Trinajstić information content (AvgIpc) is 2.63. The number of anilines is 1. The Kier molecular flexibility index (Phi) is 3.46. The molecule has 0 saturated heterocycles. The number of hydrogen-bond donors (Lipinski definition) is 1. The molecule has 1 aromatic heterocycles. The van der Waals surface area contributed by atoms with Crippen LogP contribution in [0.15, 0.2) is 27.3 Å². The lowest BCUT2D eigenvalue weighted by atomic mass is 10.3. The largest absolute Gasteiger partial charge is 0.378 e. The highest BCUT2D eigenvalue weighted by atomic mass is 79.9. The summed E-state index contributed by atoms with van der Waals surface area (Å²) < 4.78 is 5.52. The van der Waals surface area contributed by atoms with E-state index in [1.54, 1.807) is 0 Å². The zero-order valence-corrected chi connectivity index (χ0v) is 10.8. The summed E-state index contributed by atoms with van der Waals surface area (Å²) >= 11 is 9.27. The molecule has 0 radical (unpaired) electrons. The third kappa shape index (κ3) is 2.54. The van der Waals surface area contributed by atoms with Gasteiger partial charge in [-0.05, 0) is 41.1 Å². The van der Waals surface area contributed by atoms with Crippen LogP contribution in [0.2, 0.25) is 5.02 Å². The first kappa shape index (κ1) is 11.4. The van der Waals surface area contributed by atoms with E-state index < -0.39 is 0 Å². The molecule has 4 nitrogen and oxygen atoms in total. The second kappa shape index (κ2) is 4.84. The highest BCUT2D eigenvalue weighted by Crippen LogP contribution is 2.26. The van der Waals surface area contributed by atoms with Crippen molar-refractivity contribution in [2.45, 2.75) is 13.5 Å². The molecule has 16 heavy (non-hydrogen) atoms. The van der Waals surface area contributed by atoms with E-state index in [-0.39, 0.29) is 0 Å². The number of halogens is 2. The van der Waals surface area contributed by atoms with Gasteiger partial charge in [0.2, 0.25) is 0 Å². The molecule has 0 aliphatic rings. The SMILES string of the molecule is Cc1nonc1CNc1ccc(Cl)cc1Br. The van der Waals surface area contributed by atoms with E-state index in [4.69, 9.17) is 11.6 Å². The molecule has 0 aliphatic carbocycles. The molecule has 2 aromatic rings. The number of nitrogens with zero attached hydrogens (tertiary/aromatic N) is 2. The Bertz CT molecular complexity index is 501. The summed E-state index contributed by atoms with van der Waals surface area (Å²) in [4.78, 5) is 0. The molecular formula is C10H9BrClN3O. The quantitative estimate of drug-likeness (QED) is 0.944. The van der Waals surface area contributed by atoms with Gasteiger partial charge in [0.15, 0.2) is 0 Å². The normalized spacial score (nSPS) is 10.4. The smallest absolute Gasteiger partial charge is 0.127 e. The Balaban J connectivity index is 2.08. The molecule has 0 fully saturated rings. The first-order valence-electron chi connectivity index (χ1n) is 4.64. The van der Waals surface area contributed by atoms with E-state index >= 15 is 0 Å². The minimum Gasteiger partial charge on any atom is -0.378 e. The lowest BCUT2D eigenvalue weighted by Crippen LogP contribution is -2.01. The van der Waals surface area contributed by atoms with Gasteiger partial charge in [-0.1, -0.05) is 21.9 Å². The molecule has 0 atom stereocenters. The van der Waals surface area contributed by atoms with E-state index in [1.165, 1.54) is 0 Å². The Labute approximate surface area is 106 Å². The molecule has 1 N–H and O–H groups in total. The third-order valence-corrected chi connectivity index (χ3v) is 3.02. The average molecular weight is 303 g/mol. The zero-order chi connectivity index (χ0) is 11.5. The van der Waals surface area contributed by atoms with E-state index in [0.717, 1.165) is 21.5 Å². The van der Waals surface area contributed by atoms with Crippen LogP contribution < -0.4 is 5.32 Å². The third-order valence-electron chi connectivity index (χ3n) is 2.12. The Morgan fingerprint density at radius 2 is 2.25 bits per heavy atom. The lowest BCUT2D eigenvalue weighted by Gasteiger charge is -2.06. The van der Waals surface area contributed by atoms with Crippen molar-refractivity contribution in [1.82, 2.24) is 10.3 Å². The summed E-state index contributed by atoms with van der Waals surface area (Å²) in [5.74, 6) is 0. The van der Waals surface area contributed by atoms with E-state index in [1.807, 2.05) is 25.1 Å². The van der Waals surface area contributed by atoms with Crippen molar-refractivity contribution in [2.75, 3.05) is 5.32 Å². The van der Waals surface area contributed by atoms with Crippen LogP contribution in [0.25, 0.3) is 0 Å². The van der Waals surface area contributed by atoms with Crippen LogP contribution in [0, 0.1) is 6.92 Å². The molecule has 0 saturated carbocycles. The second-order valence-electron chi connectivity index (χ2n) is 3.27. The van der Waals surface area contributed by atoms with Gasteiger partial charge in [0.1, 0.15) is 11.4 Å². The summed E-state index contributed by atoms with van der Waals surface area (Å²) in [5.41, 5.74) is 2.53. The molecule has 0 spiro atoms. The Hall–Kier alpha value is -1.07. The van der Waals surface area contributed by atoms with Crippen LogP contribution in [0.3, 0.4) is 0 Å². The van der Waals surface area contributed by atoms with Gasteiger partial charge in [0.05, 0.1) is 6.54 Å². The molecule has 0 amide bonds. The zero-order valence-electron chi connectivity index (χ0n) is 8.50. The van der Waals surface area contributed by atoms with Crippen molar-refractivity contribution in [3.8, 4) is 0 Å². The molecular weight excluding hydrogens is 293 g/mol. The Morgan fingerprint density at radius 3 is 2.88 bits per heavy atom. The van der Waals surface area contributed by atoms with E-state index in [9.17, 15) is 0 Å². The van der Waals surface area contributed by atoms with Crippen LogP contribution in [-0.4, -0.2) is 10.3 Å². The van der Waals surface area contributed by atoms with Crippen molar-refractivity contribution in [3.63, 3.8) is 0 Å². The standard InChI is InChI=1S/C10H9BrClN3O/c1-6-10(15-16-14-6)5-13-9-3-2-7(12)4-8(9)11/h2-4,13H,5H2,1H3. The van der Waals surface area contributed by atoms with E-state index in [2.05, 4.69) is 36.2 Å². The fourth-order valence-corrected chi connectivity index (χ4v) is 2.04. The molecule has 1 aromatic carbocycles. The minimum atomic E-state index is 0.565. The van der Waals surface area contributed by atoms with Gasteiger partial charge in [-0.15, -0.1) is 0 Å². The van der Waals surface area contributed by atoms with Crippen molar-refractivity contribution in [1.29, 1.82) is 0 Å². The lowest BCUT2D eigenvalue weighted by molar-refractivity contribution is 0.301. The predicted molar refractivity (Wildman–Crippen MR) is 65.5 cm³/mol. The summed E-state index contributed by atoms with van der Waals surface area (Å²) in [6.45, 7) is 2.42. The number of hydrogen-bond acceptors (Lipinski definition) is 4. The fraction of sp³-hybridized carbons (Fsp3) is 0.200. The fourth-order valence-electron chi connectivity index (χ4n) is 1.22. The van der Waals surface area contributed by atoms with Crippen LogP contribution in [0.4, 0.5) is 5.69 Å². The van der Waals surface area contributed by atoms with Crippen molar-refractivity contribution >= 4 is 33.2 Å². The molecule has 0 unspecified atom stereocenters. The summed E-state index contributed by atoms with van der Waals surface area (Å²) in [7, 11) is 0. The van der Waals surface area contributed by atoms with E-state index in [0.29, 0.717) is 11.6 Å². The van der Waals surface area contributed by atoms with Gasteiger partial charge in [-0.2, -0.15) is 0 Å². The van der Waals surface area contributed by atoms with Crippen LogP contribution in [0.5, 0.6) is 0 Å². The van der Waals surface area contributed by atoms with Crippen LogP contribution >= 0.6 is 27.5 Å². The molecule has 1 heterocycles. The molecule has 0 bridgehead atoms.